The summed E-state index contributed by atoms with van der Waals surface area (Å²) in [4.78, 5) is 11.3. The van der Waals surface area contributed by atoms with Gasteiger partial charge in [-0.05, 0) is 31.2 Å². The van der Waals surface area contributed by atoms with Crippen LogP contribution in [-0.2, 0) is 0 Å². The number of halogens is 1. The zero-order chi connectivity index (χ0) is 14.1. The first-order chi connectivity index (χ1) is 9.19. The third kappa shape index (κ3) is 5.39. The SMILES string of the molecule is CCNC(=O)Nc1ccc(OCC(=CF)CN)cc1. The van der Waals surface area contributed by atoms with Gasteiger partial charge in [0.25, 0.3) is 0 Å². The van der Waals surface area contributed by atoms with Crippen LogP contribution >= 0.6 is 0 Å². The molecular weight excluding hydrogens is 249 g/mol. The zero-order valence-corrected chi connectivity index (χ0v) is 10.8. The molecule has 0 aliphatic heterocycles. The third-order valence-corrected chi connectivity index (χ3v) is 2.29. The van der Waals surface area contributed by atoms with E-state index in [4.69, 9.17) is 10.5 Å². The largest absolute Gasteiger partial charge is 0.489 e. The van der Waals surface area contributed by atoms with Crippen molar-refractivity contribution in [2.24, 2.45) is 5.73 Å². The Morgan fingerprint density at radius 2 is 2.11 bits per heavy atom. The molecule has 6 heteroatoms. The standard InChI is InChI=1S/C13H18FN3O2/c1-2-16-13(18)17-11-3-5-12(6-4-11)19-9-10(7-14)8-15/h3-7H,2,8-9,15H2,1H3,(H2,16,17,18). The van der Waals surface area contributed by atoms with Gasteiger partial charge in [-0.15, -0.1) is 0 Å². The van der Waals surface area contributed by atoms with Gasteiger partial charge >= 0.3 is 6.03 Å². The summed E-state index contributed by atoms with van der Waals surface area (Å²) < 4.78 is 17.6. The second kappa shape index (κ2) is 8.10. The van der Waals surface area contributed by atoms with Gasteiger partial charge < -0.3 is 21.1 Å². The van der Waals surface area contributed by atoms with Gasteiger partial charge in [-0.3, -0.25) is 0 Å². The predicted molar refractivity (Wildman–Crippen MR) is 72.9 cm³/mol. The highest BCUT2D eigenvalue weighted by Crippen LogP contribution is 2.16. The summed E-state index contributed by atoms with van der Waals surface area (Å²) in [6, 6.07) is 6.52. The molecule has 0 heterocycles. The van der Waals surface area contributed by atoms with E-state index >= 15 is 0 Å². The summed E-state index contributed by atoms with van der Waals surface area (Å²) >= 11 is 0. The lowest BCUT2D eigenvalue weighted by Crippen LogP contribution is -2.28. The number of carbonyl (C=O) groups is 1. The molecule has 2 amide bonds. The maximum Gasteiger partial charge on any atom is 0.319 e. The molecular formula is C13H18FN3O2. The highest BCUT2D eigenvalue weighted by Gasteiger charge is 2.01. The van der Waals surface area contributed by atoms with Crippen LogP contribution in [0.1, 0.15) is 6.92 Å². The van der Waals surface area contributed by atoms with E-state index in [-0.39, 0.29) is 19.2 Å². The van der Waals surface area contributed by atoms with Crippen LogP contribution in [0.25, 0.3) is 0 Å². The Hall–Kier alpha value is -2.08. The minimum atomic E-state index is -0.262. The molecule has 5 nitrogen and oxygen atoms in total. The molecule has 104 valence electrons. The lowest BCUT2D eigenvalue weighted by Gasteiger charge is -2.09. The number of hydrogen-bond acceptors (Lipinski definition) is 3. The maximum absolute atomic E-state index is 12.3. The number of anilines is 1. The molecule has 4 N–H and O–H groups in total. The second-order valence-corrected chi connectivity index (χ2v) is 3.77. The minimum Gasteiger partial charge on any atom is -0.489 e. The maximum atomic E-state index is 12.3. The first kappa shape index (κ1) is 15.0. The zero-order valence-electron chi connectivity index (χ0n) is 10.8. The van der Waals surface area contributed by atoms with Crippen molar-refractivity contribution in [3.05, 3.63) is 36.2 Å². The minimum absolute atomic E-state index is 0.107. The van der Waals surface area contributed by atoms with E-state index in [1.807, 2.05) is 6.92 Å². The molecule has 0 spiro atoms. The fourth-order valence-corrected chi connectivity index (χ4v) is 1.28. The van der Waals surface area contributed by atoms with Crippen molar-refractivity contribution in [1.29, 1.82) is 0 Å². The van der Waals surface area contributed by atoms with Gasteiger partial charge in [0.2, 0.25) is 0 Å². The molecule has 1 aromatic carbocycles. The Balaban J connectivity index is 2.50. The van der Waals surface area contributed by atoms with E-state index in [0.717, 1.165) is 0 Å². The fraction of sp³-hybridized carbons (Fsp3) is 0.308. The van der Waals surface area contributed by atoms with E-state index in [1.54, 1.807) is 24.3 Å². The van der Waals surface area contributed by atoms with E-state index in [1.165, 1.54) is 0 Å². The van der Waals surface area contributed by atoms with Crippen LogP contribution < -0.4 is 21.1 Å². The number of benzene rings is 1. The van der Waals surface area contributed by atoms with Crippen LogP contribution in [0, 0.1) is 0 Å². The Morgan fingerprint density at radius 3 is 2.63 bits per heavy atom. The van der Waals surface area contributed by atoms with Crippen molar-refractivity contribution in [1.82, 2.24) is 5.32 Å². The van der Waals surface area contributed by atoms with Crippen LogP contribution in [-0.4, -0.2) is 25.7 Å². The predicted octanol–water partition coefficient (Wildman–Crippen LogP) is 2.02. The molecule has 1 rings (SSSR count). The van der Waals surface area contributed by atoms with Crippen molar-refractivity contribution < 1.29 is 13.9 Å². The number of urea groups is 1. The van der Waals surface area contributed by atoms with E-state index < -0.39 is 0 Å². The fourth-order valence-electron chi connectivity index (χ4n) is 1.28. The number of ether oxygens (including phenoxy) is 1. The summed E-state index contributed by atoms with van der Waals surface area (Å²) in [6.45, 7) is 2.62. The number of rotatable bonds is 6. The second-order valence-electron chi connectivity index (χ2n) is 3.77. The molecule has 0 saturated carbocycles. The topological polar surface area (TPSA) is 76.4 Å². The summed E-state index contributed by atoms with van der Waals surface area (Å²) in [5, 5.41) is 5.28. The van der Waals surface area contributed by atoms with Crippen molar-refractivity contribution in [2.45, 2.75) is 6.92 Å². The number of nitrogens with one attached hydrogen (secondary N) is 2. The molecule has 1 aromatic rings. The van der Waals surface area contributed by atoms with Crippen LogP contribution in [0.4, 0.5) is 14.9 Å². The van der Waals surface area contributed by atoms with E-state index in [9.17, 15) is 9.18 Å². The van der Waals surface area contributed by atoms with Crippen molar-refractivity contribution >= 4 is 11.7 Å². The van der Waals surface area contributed by atoms with Crippen molar-refractivity contribution in [3.8, 4) is 5.75 Å². The summed E-state index contributed by atoms with van der Waals surface area (Å²) in [7, 11) is 0. The first-order valence-electron chi connectivity index (χ1n) is 5.95. The van der Waals surface area contributed by atoms with Gasteiger partial charge in [0.05, 0.1) is 6.33 Å². The molecule has 0 fully saturated rings. The normalized spacial score (nSPS) is 11.0. The van der Waals surface area contributed by atoms with Crippen LogP contribution in [0.3, 0.4) is 0 Å². The Morgan fingerprint density at radius 1 is 1.42 bits per heavy atom. The quantitative estimate of drug-likeness (QED) is 0.738. The Kier molecular flexibility index (Phi) is 6.38. The van der Waals surface area contributed by atoms with E-state index in [0.29, 0.717) is 29.9 Å². The van der Waals surface area contributed by atoms with Crippen LogP contribution in [0.5, 0.6) is 5.75 Å². The van der Waals surface area contributed by atoms with Crippen molar-refractivity contribution in [3.63, 3.8) is 0 Å². The number of carbonyl (C=O) groups excluding carboxylic acids is 1. The average molecular weight is 267 g/mol. The lowest BCUT2D eigenvalue weighted by atomic mass is 10.3. The summed E-state index contributed by atoms with van der Waals surface area (Å²) in [5.41, 5.74) is 6.34. The van der Waals surface area contributed by atoms with Gasteiger partial charge in [0.15, 0.2) is 0 Å². The number of hydrogen-bond donors (Lipinski definition) is 3. The molecule has 0 radical (unpaired) electrons. The molecule has 0 aliphatic rings. The van der Waals surface area contributed by atoms with Crippen molar-refractivity contribution in [2.75, 3.05) is 25.0 Å². The van der Waals surface area contributed by atoms with Gasteiger partial charge in [-0.1, -0.05) is 0 Å². The average Bonchev–Trinajstić information content (AvgIpc) is 2.42. The number of amides is 2. The van der Waals surface area contributed by atoms with Crippen LogP contribution in [0.2, 0.25) is 0 Å². The molecule has 19 heavy (non-hydrogen) atoms. The van der Waals surface area contributed by atoms with Gasteiger partial charge in [0.1, 0.15) is 12.4 Å². The van der Waals surface area contributed by atoms with Crippen LogP contribution in [0.15, 0.2) is 36.2 Å². The third-order valence-electron chi connectivity index (χ3n) is 2.29. The first-order valence-corrected chi connectivity index (χ1v) is 5.95. The highest BCUT2D eigenvalue weighted by molar-refractivity contribution is 5.89. The molecule has 0 saturated heterocycles. The Bertz CT molecular complexity index is 432. The summed E-state index contributed by atoms with van der Waals surface area (Å²) in [5.74, 6) is 0.578. The monoisotopic (exact) mass is 267 g/mol. The molecule has 0 bridgehead atoms. The molecule has 0 aliphatic carbocycles. The molecule has 0 unspecified atom stereocenters. The molecule has 0 atom stereocenters. The van der Waals surface area contributed by atoms with E-state index in [2.05, 4.69) is 10.6 Å². The van der Waals surface area contributed by atoms with Gasteiger partial charge in [-0.25, -0.2) is 9.18 Å². The highest BCUT2D eigenvalue weighted by atomic mass is 19.1. The lowest BCUT2D eigenvalue weighted by molar-refractivity contribution is 0.252. The van der Waals surface area contributed by atoms with Gasteiger partial charge in [-0.2, -0.15) is 0 Å². The number of nitrogens with two attached hydrogens (primary N) is 1. The van der Waals surface area contributed by atoms with Gasteiger partial charge in [0, 0.05) is 24.4 Å². The summed E-state index contributed by atoms with van der Waals surface area (Å²) in [6.07, 6.45) is 0.449. The molecule has 0 aromatic heterocycles. The Labute approximate surface area is 111 Å². The smallest absolute Gasteiger partial charge is 0.319 e.